The fourth-order valence-corrected chi connectivity index (χ4v) is 3.71. The van der Waals surface area contributed by atoms with Crippen molar-refractivity contribution in [1.29, 1.82) is 0 Å². The van der Waals surface area contributed by atoms with Crippen LogP contribution in [0.1, 0.15) is 43.6 Å². The summed E-state index contributed by atoms with van der Waals surface area (Å²) in [6, 6.07) is 0. The molecule has 0 radical (unpaired) electrons. The molecule has 2 aromatic heterocycles. The second-order valence-corrected chi connectivity index (χ2v) is 7.56. The Morgan fingerprint density at radius 3 is 2.65 bits per heavy atom. The van der Waals surface area contributed by atoms with Crippen LogP contribution in [0.5, 0.6) is 0 Å². The average molecular weight is 313 g/mol. The Labute approximate surface area is 128 Å². The molecular weight excluding hydrogens is 292 g/mol. The van der Waals surface area contributed by atoms with E-state index in [1.54, 1.807) is 0 Å². The zero-order chi connectivity index (χ0) is 14.5. The molecule has 0 N–H and O–H groups in total. The third kappa shape index (κ3) is 2.15. The highest BCUT2D eigenvalue weighted by Crippen LogP contribution is 2.49. The number of aryl methyl sites for hydroxylation is 2. The molecule has 110 valence electrons. The summed E-state index contributed by atoms with van der Waals surface area (Å²) in [4.78, 5) is 4.76. The SMILES string of the molecule is CCn1nc(C)c2nc(C(C)Cl)n(CC3(SC)CC3)c21. The monoisotopic (exact) mass is 312 g/mol. The van der Waals surface area contributed by atoms with Gasteiger partial charge in [-0.1, -0.05) is 0 Å². The van der Waals surface area contributed by atoms with E-state index in [2.05, 4.69) is 27.5 Å². The van der Waals surface area contributed by atoms with E-state index < -0.39 is 0 Å². The van der Waals surface area contributed by atoms with Gasteiger partial charge in [0.1, 0.15) is 11.3 Å². The van der Waals surface area contributed by atoms with Crippen molar-refractivity contribution in [2.45, 2.75) is 56.8 Å². The van der Waals surface area contributed by atoms with Crippen LogP contribution in [0.15, 0.2) is 0 Å². The summed E-state index contributed by atoms with van der Waals surface area (Å²) in [5.41, 5.74) is 3.13. The topological polar surface area (TPSA) is 35.6 Å². The van der Waals surface area contributed by atoms with Gasteiger partial charge in [0.25, 0.3) is 0 Å². The lowest BCUT2D eigenvalue weighted by atomic mass is 10.3. The van der Waals surface area contributed by atoms with E-state index in [0.717, 1.165) is 35.8 Å². The van der Waals surface area contributed by atoms with Crippen LogP contribution >= 0.6 is 23.4 Å². The number of halogens is 1. The van der Waals surface area contributed by atoms with E-state index >= 15 is 0 Å². The number of imidazole rings is 1. The molecule has 3 rings (SSSR count). The Bertz CT molecular complexity index is 639. The quantitative estimate of drug-likeness (QED) is 0.789. The Hall–Kier alpha value is -0.680. The molecule has 0 spiro atoms. The number of hydrogen-bond acceptors (Lipinski definition) is 3. The zero-order valence-electron chi connectivity index (χ0n) is 12.5. The molecule has 1 saturated carbocycles. The maximum atomic E-state index is 6.36. The van der Waals surface area contributed by atoms with Gasteiger partial charge in [-0.3, -0.25) is 0 Å². The van der Waals surface area contributed by atoms with Crippen LogP contribution in [0.25, 0.3) is 11.2 Å². The van der Waals surface area contributed by atoms with Crippen molar-refractivity contribution in [3.8, 4) is 0 Å². The fraction of sp³-hybridized carbons (Fsp3) is 0.714. The van der Waals surface area contributed by atoms with E-state index in [1.165, 1.54) is 12.8 Å². The van der Waals surface area contributed by atoms with Crippen LogP contribution in [-0.2, 0) is 13.1 Å². The van der Waals surface area contributed by atoms with Crippen molar-refractivity contribution >= 4 is 34.5 Å². The predicted molar refractivity (Wildman–Crippen MR) is 85.7 cm³/mol. The Kier molecular flexibility index (Phi) is 3.53. The standard InChI is InChI=1S/C14H21ClN4S/c1-5-19-13-11(10(3)17-19)16-12(9(2)15)18(13)8-14(20-4)6-7-14/h9H,5-8H2,1-4H3. The van der Waals surface area contributed by atoms with Crippen molar-refractivity contribution in [1.82, 2.24) is 19.3 Å². The molecule has 1 unspecified atom stereocenters. The summed E-state index contributed by atoms with van der Waals surface area (Å²) in [5.74, 6) is 0.977. The first-order valence-corrected chi connectivity index (χ1v) is 8.80. The predicted octanol–water partition coefficient (Wildman–Crippen LogP) is 3.76. The molecule has 1 aliphatic carbocycles. The van der Waals surface area contributed by atoms with Crippen molar-refractivity contribution < 1.29 is 0 Å². The molecule has 0 amide bonds. The number of rotatable bonds is 5. The second-order valence-electron chi connectivity index (χ2n) is 5.63. The van der Waals surface area contributed by atoms with E-state index in [4.69, 9.17) is 16.6 Å². The maximum absolute atomic E-state index is 6.36. The summed E-state index contributed by atoms with van der Waals surface area (Å²) in [6.07, 6.45) is 4.76. The Morgan fingerprint density at radius 2 is 2.15 bits per heavy atom. The van der Waals surface area contributed by atoms with Crippen LogP contribution in [0.4, 0.5) is 0 Å². The summed E-state index contributed by atoms with van der Waals surface area (Å²) in [6.45, 7) is 7.99. The maximum Gasteiger partial charge on any atom is 0.159 e. The molecule has 1 aliphatic rings. The van der Waals surface area contributed by atoms with Gasteiger partial charge in [-0.2, -0.15) is 16.9 Å². The molecule has 0 aromatic carbocycles. The zero-order valence-corrected chi connectivity index (χ0v) is 14.1. The van der Waals surface area contributed by atoms with E-state index in [1.807, 2.05) is 25.6 Å². The summed E-state index contributed by atoms with van der Waals surface area (Å²) >= 11 is 8.32. The lowest BCUT2D eigenvalue weighted by molar-refractivity contribution is 0.593. The van der Waals surface area contributed by atoms with E-state index in [-0.39, 0.29) is 5.38 Å². The minimum absolute atomic E-state index is 0.0789. The van der Waals surface area contributed by atoms with Crippen LogP contribution < -0.4 is 0 Å². The van der Waals surface area contributed by atoms with Gasteiger partial charge in [0.2, 0.25) is 0 Å². The Balaban J connectivity index is 2.17. The summed E-state index contributed by atoms with van der Waals surface area (Å²) in [7, 11) is 0. The van der Waals surface area contributed by atoms with Gasteiger partial charge in [-0.15, -0.1) is 11.6 Å². The number of hydrogen-bond donors (Lipinski definition) is 0. The average Bonchev–Trinajstić information content (AvgIpc) is 2.98. The third-order valence-electron chi connectivity index (χ3n) is 4.17. The van der Waals surface area contributed by atoms with Gasteiger partial charge in [0, 0.05) is 17.8 Å². The molecule has 1 fully saturated rings. The van der Waals surface area contributed by atoms with E-state index in [9.17, 15) is 0 Å². The first-order chi connectivity index (χ1) is 9.51. The van der Waals surface area contributed by atoms with Crippen molar-refractivity contribution in [2.24, 2.45) is 0 Å². The molecule has 0 saturated heterocycles. The van der Waals surface area contributed by atoms with Crippen molar-refractivity contribution in [3.05, 3.63) is 11.5 Å². The molecule has 4 nitrogen and oxygen atoms in total. The van der Waals surface area contributed by atoms with Crippen LogP contribution in [0.3, 0.4) is 0 Å². The molecule has 1 atom stereocenters. The Morgan fingerprint density at radius 1 is 1.45 bits per heavy atom. The highest BCUT2D eigenvalue weighted by Gasteiger charge is 2.43. The largest absolute Gasteiger partial charge is 0.310 e. The number of nitrogens with zero attached hydrogens (tertiary/aromatic N) is 4. The lowest BCUT2D eigenvalue weighted by Gasteiger charge is -2.17. The van der Waals surface area contributed by atoms with Gasteiger partial charge < -0.3 is 4.57 Å². The molecule has 20 heavy (non-hydrogen) atoms. The van der Waals surface area contributed by atoms with Crippen LogP contribution in [-0.4, -0.2) is 30.3 Å². The third-order valence-corrected chi connectivity index (χ3v) is 5.77. The van der Waals surface area contributed by atoms with Crippen molar-refractivity contribution in [3.63, 3.8) is 0 Å². The summed E-state index contributed by atoms with van der Waals surface area (Å²) < 4.78 is 4.74. The number of alkyl halides is 1. The number of fused-ring (bicyclic) bond motifs is 1. The molecule has 2 aromatic rings. The van der Waals surface area contributed by atoms with Gasteiger partial charge in [0.05, 0.1) is 11.1 Å². The molecule has 0 aliphatic heterocycles. The highest BCUT2D eigenvalue weighted by molar-refractivity contribution is 8.00. The molecule has 0 bridgehead atoms. The first kappa shape index (κ1) is 14.3. The van der Waals surface area contributed by atoms with Gasteiger partial charge in [-0.05, 0) is 39.9 Å². The number of thioether (sulfide) groups is 1. The number of aromatic nitrogens is 4. The van der Waals surface area contributed by atoms with Crippen LogP contribution in [0, 0.1) is 6.92 Å². The van der Waals surface area contributed by atoms with Crippen LogP contribution in [0.2, 0.25) is 0 Å². The highest BCUT2D eigenvalue weighted by atomic mass is 35.5. The summed E-state index contributed by atoms with van der Waals surface area (Å²) in [5, 5.41) is 4.51. The first-order valence-electron chi connectivity index (χ1n) is 7.14. The smallest absolute Gasteiger partial charge is 0.159 e. The fourth-order valence-electron chi connectivity index (χ4n) is 2.78. The van der Waals surface area contributed by atoms with Crippen molar-refractivity contribution in [2.75, 3.05) is 6.26 Å². The molecule has 2 heterocycles. The second kappa shape index (κ2) is 4.95. The lowest BCUT2D eigenvalue weighted by Crippen LogP contribution is -2.18. The van der Waals surface area contributed by atoms with Gasteiger partial charge in [-0.25, -0.2) is 9.67 Å². The van der Waals surface area contributed by atoms with Gasteiger partial charge >= 0.3 is 0 Å². The minimum atomic E-state index is -0.0789. The molecule has 6 heteroatoms. The van der Waals surface area contributed by atoms with Gasteiger partial charge in [0.15, 0.2) is 5.65 Å². The normalized spacial score (nSPS) is 18.6. The molecular formula is C14H21ClN4S. The minimum Gasteiger partial charge on any atom is -0.310 e. The van der Waals surface area contributed by atoms with E-state index in [0.29, 0.717) is 4.75 Å².